The van der Waals surface area contributed by atoms with Crippen molar-refractivity contribution in [3.05, 3.63) is 35.4 Å². The van der Waals surface area contributed by atoms with E-state index in [1.54, 1.807) is 17.1 Å². The molecular weight excluding hydrogens is 242 g/mol. The van der Waals surface area contributed by atoms with Gasteiger partial charge in [0.05, 0.1) is 23.5 Å². The summed E-state index contributed by atoms with van der Waals surface area (Å²) in [7, 11) is 1.82. The highest BCUT2D eigenvalue weighted by molar-refractivity contribution is 5.95. The van der Waals surface area contributed by atoms with Gasteiger partial charge in [-0.05, 0) is 26.8 Å². The normalized spacial score (nSPS) is 12.4. The van der Waals surface area contributed by atoms with Crippen molar-refractivity contribution < 1.29 is 4.79 Å². The summed E-state index contributed by atoms with van der Waals surface area (Å²) in [6, 6.07) is 1.83. The van der Waals surface area contributed by atoms with E-state index in [0.717, 1.165) is 17.9 Å². The fraction of sp³-hybridized carbons (Fsp3) is 0.462. The summed E-state index contributed by atoms with van der Waals surface area (Å²) in [5.41, 5.74) is 2.46. The molecule has 1 atom stereocenters. The van der Waals surface area contributed by atoms with Crippen LogP contribution in [0.4, 0.5) is 0 Å². The van der Waals surface area contributed by atoms with Gasteiger partial charge in [0.15, 0.2) is 0 Å². The zero-order chi connectivity index (χ0) is 14.0. The molecule has 0 spiro atoms. The van der Waals surface area contributed by atoms with E-state index in [9.17, 15) is 4.79 Å². The minimum absolute atomic E-state index is 0.0884. The van der Waals surface area contributed by atoms with Crippen molar-refractivity contribution in [2.45, 2.75) is 33.4 Å². The van der Waals surface area contributed by atoms with Gasteiger partial charge in [-0.25, -0.2) is 0 Å². The summed E-state index contributed by atoms with van der Waals surface area (Å²) in [6.45, 7) is 6.64. The molecule has 0 saturated heterocycles. The average molecular weight is 261 g/mol. The summed E-state index contributed by atoms with van der Waals surface area (Å²) in [5.74, 6) is -0.109. The molecular formula is C13H19N5O. The van der Waals surface area contributed by atoms with Crippen LogP contribution < -0.4 is 5.32 Å². The first-order chi connectivity index (χ1) is 9.04. The lowest BCUT2D eigenvalue weighted by Crippen LogP contribution is -2.28. The standard InChI is InChI=1S/C13H19N5O/c1-5-18-12(6-7-14-18)9(2)16-13(19)11-8-15-17(4)10(11)3/h6-9H,5H2,1-4H3,(H,16,19). The Morgan fingerprint density at radius 1 is 1.47 bits per heavy atom. The predicted octanol–water partition coefficient (Wildman–Crippen LogP) is 1.44. The molecule has 6 nitrogen and oxygen atoms in total. The van der Waals surface area contributed by atoms with Gasteiger partial charge in [0.2, 0.25) is 0 Å². The lowest BCUT2D eigenvalue weighted by atomic mass is 10.2. The van der Waals surface area contributed by atoms with E-state index >= 15 is 0 Å². The minimum Gasteiger partial charge on any atom is -0.344 e. The molecule has 2 aromatic rings. The third kappa shape index (κ3) is 2.52. The third-order valence-corrected chi connectivity index (χ3v) is 3.32. The van der Waals surface area contributed by atoms with Crippen LogP contribution in [0.15, 0.2) is 18.5 Å². The van der Waals surface area contributed by atoms with E-state index in [4.69, 9.17) is 0 Å². The fourth-order valence-electron chi connectivity index (χ4n) is 2.04. The molecule has 2 rings (SSSR count). The van der Waals surface area contributed by atoms with Crippen LogP contribution in [-0.4, -0.2) is 25.5 Å². The smallest absolute Gasteiger partial charge is 0.255 e. The van der Waals surface area contributed by atoms with E-state index in [2.05, 4.69) is 15.5 Å². The third-order valence-electron chi connectivity index (χ3n) is 3.32. The lowest BCUT2D eigenvalue weighted by Gasteiger charge is -2.15. The zero-order valence-corrected chi connectivity index (χ0v) is 11.7. The maximum atomic E-state index is 12.2. The Labute approximate surface area is 112 Å². The van der Waals surface area contributed by atoms with Gasteiger partial charge in [0, 0.05) is 25.5 Å². The zero-order valence-electron chi connectivity index (χ0n) is 11.7. The maximum Gasteiger partial charge on any atom is 0.255 e. The number of rotatable bonds is 4. The van der Waals surface area contributed by atoms with E-state index in [0.29, 0.717) is 5.56 Å². The van der Waals surface area contributed by atoms with Crippen LogP contribution in [0.3, 0.4) is 0 Å². The molecule has 1 N–H and O–H groups in total. The molecule has 19 heavy (non-hydrogen) atoms. The second kappa shape index (κ2) is 5.26. The molecule has 0 bridgehead atoms. The largest absolute Gasteiger partial charge is 0.344 e. The Morgan fingerprint density at radius 2 is 2.21 bits per heavy atom. The van der Waals surface area contributed by atoms with E-state index in [1.165, 1.54) is 0 Å². The SMILES string of the molecule is CCn1nccc1C(C)NC(=O)c1cnn(C)c1C. The highest BCUT2D eigenvalue weighted by atomic mass is 16.1. The second-order valence-electron chi connectivity index (χ2n) is 4.53. The van der Waals surface area contributed by atoms with Crippen molar-refractivity contribution >= 4 is 5.91 Å². The Morgan fingerprint density at radius 3 is 2.79 bits per heavy atom. The first-order valence-electron chi connectivity index (χ1n) is 6.35. The topological polar surface area (TPSA) is 64.7 Å². The highest BCUT2D eigenvalue weighted by Crippen LogP contribution is 2.13. The number of nitrogens with one attached hydrogen (secondary N) is 1. The predicted molar refractivity (Wildman–Crippen MR) is 71.7 cm³/mol. The number of hydrogen-bond donors (Lipinski definition) is 1. The van der Waals surface area contributed by atoms with Gasteiger partial charge in [-0.15, -0.1) is 0 Å². The molecule has 102 valence electrons. The molecule has 0 aliphatic heterocycles. The van der Waals surface area contributed by atoms with Gasteiger partial charge in [-0.1, -0.05) is 0 Å². The highest BCUT2D eigenvalue weighted by Gasteiger charge is 2.17. The van der Waals surface area contributed by atoms with Gasteiger partial charge in [-0.2, -0.15) is 10.2 Å². The van der Waals surface area contributed by atoms with Crippen LogP contribution in [0.1, 0.15) is 41.6 Å². The molecule has 0 aliphatic carbocycles. The summed E-state index contributed by atoms with van der Waals surface area (Å²) >= 11 is 0. The molecule has 6 heteroatoms. The van der Waals surface area contributed by atoms with E-state index < -0.39 is 0 Å². The quantitative estimate of drug-likeness (QED) is 0.905. The molecule has 0 aliphatic rings. The van der Waals surface area contributed by atoms with Gasteiger partial charge < -0.3 is 5.32 Å². The molecule has 1 unspecified atom stereocenters. The average Bonchev–Trinajstić information content (AvgIpc) is 2.97. The van der Waals surface area contributed by atoms with Crippen molar-refractivity contribution in [3.8, 4) is 0 Å². The first-order valence-corrected chi connectivity index (χ1v) is 6.35. The Kier molecular flexibility index (Phi) is 3.69. The Hall–Kier alpha value is -2.11. The van der Waals surface area contributed by atoms with Crippen LogP contribution in [0.25, 0.3) is 0 Å². The summed E-state index contributed by atoms with van der Waals surface area (Å²) in [4.78, 5) is 12.2. The number of carbonyl (C=O) groups is 1. The van der Waals surface area contributed by atoms with Crippen molar-refractivity contribution in [3.63, 3.8) is 0 Å². The molecule has 0 radical (unpaired) electrons. The maximum absolute atomic E-state index is 12.2. The monoisotopic (exact) mass is 261 g/mol. The Balaban J connectivity index is 2.13. The summed E-state index contributed by atoms with van der Waals surface area (Å²) in [6.07, 6.45) is 3.34. The Bertz CT molecular complexity index is 584. The van der Waals surface area contributed by atoms with E-state index in [1.807, 2.05) is 38.6 Å². The van der Waals surface area contributed by atoms with E-state index in [-0.39, 0.29) is 11.9 Å². The number of carbonyl (C=O) groups excluding carboxylic acids is 1. The molecule has 2 heterocycles. The number of amides is 1. The van der Waals surface area contributed by atoms with Crippen LogP contribution in [0.5, 0.6) is 0 Å². The lowest BCUT2D eigenvalue weighted by molar-refractivity contribution is 0.0937. The summed E-state index contributed by atoms with van der Waals surface area (Å²) in [5, 5.41) is 11.3. The second-order valence-corrected chi connectivity index (χ2v) is 4.53. The molecule has 1 amide bonds. The van der Waals surface area contributed by atoms with Crippen LogP contribution in [0.2, 0.25) is 0 Å². The van der Waals surface area contributed by atoms with Gasteiger partial charge >= 0.3 is 0 Å². The van der Waals surface area contributed by atoms with Gasteiger partial charge in [-0.3, -0.25) is 14.2 Å². The molecule has 2 aromatic heterocycles. The van der Waals surface area contributed by atoms with Gasteiger partial charge in [0.25, 0.3) is 5.91 Å². The molecule has 0 fully saturated rings. The number of aryl methyl sites for hydroxylation is 2. The van der Waals surface area contributed by atoms with Crippen molar-refractivity contribution in [2.24, 2.45) is 7.05 Å². The minimum atomic E-state index is -0.109. The van der Waals surface area contributed by atoms with Crippen LogP contribution in [0, 0.1) is 6.92 Å². The van der Waals surface area contributed by atoms with Crippen molar-refractivity contribution in [1.29, 1.82) is 0 Å². The molecule has 0 saturated carbocycles. The summed E-state index contributed by atoms with van der Waals surface area (Å²) < 4.78 is 3.57. The number of hydrogen-bond acceptors (Lipinski definition) is 3. The van der Waals surface area contributed by atoms with Crippen molar-refractivity contribution in [2.75, 3.05) is 0 Å². The first kappa shape index (κ1) is 13.3. The number of aromatic nitrogens is 4. The van der Waals surface area contributed by atoms with Crippen LogP contribution >= 0.6 is 0 Å². The van der Waals surface area contributed by atoms with Crippen molar-refractivity contribution in [1.82, 2.24) is 24.9 Å². The van der Waals surface area contributed by atoms with Gasteiger partial charge in [0.1, 0.15) is 0 Å². The fourth-order valence-corrected chi connectivity index (χ4v) is 2.04. The molecule has 0 aromatic carbocycles. The number of nitrogens with zero attached hydrogens (tertiary/aromatic N) is 4. The van der Waals surface area contributed by atoms with Crippen LogP contribution in [-0.2, 0) is 13.6 Å².